The predicted octanol–water partition coefficient (Wildman–Crippen LogP) is 2.65. The molecule has 0 spiro atoms. The van der Waals surface area contributed by atoms with Crippen molar-refractivity contribution in [3.05, 3.63) is 30.1 Å². The van der Waals surface area contributed by atoms with Gasteiger partial charge in [0, 0.05) is 25.4 Å². The smallest absolute Gasteiger partial charge is 0.130 e. The lowest BCUT2D eigenvalue weighted by molar-refractivity contribution is -0.122. The fourth-order valence-electron chi connectivity index (χ4n) is 2.57. The molecule has 1 fully saturated rings. The minimum atomic E-state index is -0.458. The summed E-state index contributed by atoms with van der Waals surface area (Å²) in [5.74, 6) is -0.254. The zero-order valence-electron chi connectivity index (χ0n) is 11.3. The van der Waals surface area contributed by atoms with Gasteiger partial charge in [-0.25, -0.2) is 4.39 Å². The van der Waals surface area contributed by atoms with Crippen LogP contribution in [-0.2, 0) is 9.53 Å². The number of ether oxygens (including phenoxy) is 1. The van der Waals surface area contributed by atoms with Crippen LogP contribution in [0, 0.1) is 11.2 Å². The number of benzene rings is 1. The molecule has 0 aliphatic carbocycles. The SMILES string of the molecule is CCN(CC1(C=O)CCCOC1)c1cccc(F)c1. The monoisotopic (exact) mass is 265 g/mol. The number of hydrogen-bond acceptors (Lipinski definition) is 3. The molecule has 0 saturated carbocycles. The van der Waals surface area contributed by atoms with Gasteiger partial charge in [0.1, 0.15) is 12.1 Å². The Morgan fingerprint density at radius 1 is 1.53 bits per heavy atom. The number of nitrogens with zero attached hydrogens (tertiary/aromatic N) is 1. The number of aldehydes is 1. The van der Waals surface area contributed by atoms with E-state index in [0.717, 1.165) is 38.0 Å². The van der Waals surface area contributed by atoms with Crippen LogP contribution in [0.5, 0.6) is 0 Å². The molecule has 1 saturated heterocycles. The highest BCUT2D eigenvalue weighted by atomic mass is 19.1. The van der Waals surface area contributed by atoms with Crippen molar-refractivity contribution in [2.24, 2.45) is 5.41 Å². The van der Waals surface area contributed by atoms with E-state index < -0.39 is 5.41 Å². The number of anilines is 1. The third kappa shape index (κ3) is 3.32. The van der Waals surface area contributed by atoms with Gasteiger partial charge in [0.25, 0.3) is 0 Å². The van der Waals surface area contributed by atoms with Crippen LogP contribution < -0.4 is 4.90 Å². The van der Waals surface area contributed by atoms with E-state index >= 15 is 0 Å². The van der Waals surface area contributed by atoms with E-state index in [1.807, 2.05) is 17.9 Å². The van der Waals surface area contributed by atoms with Crippen LogP contribution in [0.1, 0.15) is 19.8 Å². The van der Waals surface area contributed by atoms with Crippen molar-refractivity contribution in [3.8, 4) is 0 Å². The second kappa shape index (κ2) is 6.15. The molecule has 2 rings (SSSR count). The van der Waals surface area contributed by atoms with Gasteiger partial charge in [-0.2, -0.15) is 0 Å². The average Bonchev–Trinajstić information content (AvgIpc) is 2.46. The highest BCUT2D eigenvalue weighted by Gasteiger charge is 2.34. The van der Waals surface area contributed by atoms with Crippen molar-refractivity contribution >= 4 is 12.0 Å². The maximum atomic E-state index is 13.3. The Morgan fingerprint density at radius 2 is 2.37 bits per heavy atom. The minimum Gasteiger partial charge on any atom is -0.380 e. The molecule has 104 valence electrons. The molecule has 0 aromatic heterocycles. The van der Waals surface area contributed by atoms with Gasteiger partial charge in [0.05, 0.1) is 12.0 Å². The molecule has 1 atom stereocenters. The summed E-state index contributed by atoms with van der Waals surface area (Å²) in [5, 5.41) is 0. The molecule has 1 aromatic carbocycles. The summed E-state index contributed by atoms with van der Waals surface area (Å²) in [5.41, 5.74) is 0.356. The minimum absolute atomic E-state index is 0.254. The summed E-state index contributed by atoms with van der Waals surface area (Å²) < 4.78 is 18.7. The zero-order chi connectivity index (χ0) is 13.7. The molecule has 0 amide bonds. The van der Waals surface area contributed by atoms with Crippen molar-refractivity contribution in [1.82, 2.24) is 0 Å². The number of rotatable bonds is 5. The molecular formula is C15H20FNO2. The molecule has 1 heterocycles. The van der Waals surface area contributed by atoms with Gasteiger partial charge in [-0.15, -0.1) is 0 Å². The summed E-state index contributed by atoms with van der Waals surface area (Å²) in [7, 11) is 0. The fourth-order valence-corrected chi connectivity index (χ4v) is 2.57. The lowest BCUT2D eigenvalue weighted by atomic mass is 9.83. The quantitative estimate of drug-likeness (QED) is 0.767. The van der Waals surface area contributed by atoms with Gasteiger partial charge >= 0.3 is 0 Å². The topological polar surface area (TPSA) is 29.5 Å². The second-order valence-corrected chi connectivity index (χ2v) is 5.13. The van der Waals surface area contributed by atoms with Crippen LogP contribution >= 0.6 is 0 Å². The molecule has 0 radical (unpaired) electrons. The predicted molar refractivity (Wildman–Crippen MR) is 72.8 cm³/mol. The van der Waals surface area contributed by atoms with Crippen LogP contribution in [-0.4, -0.2) is 32.6 Å². The van der Waals surface area contributed by atoms with Gasteiger partial charge in [0.15, 0.2) is 0 Å². The first-order valence-corrected chi connectivity index (χ1v) is 6.74. The zero-order valence-corrected chi connectivity index (χ0v) is 11.3. The Labute approximate surface area is 113 Å². The molecule has 3 nitrogen and oxygen atoms in total. The third-order valence-electron chi connectivity index (χ3n) is 3.66. The number of hydrogen-bond donors (Lipinski definition) is 0. The molecule has 1 aliphatic heterocycles. The molecule has 0 bridgehead atoms. The molecule has 0 N–H and O–H groups in total. The molecule has 1 unspecified atom stereocenters. The summed E-state index contributed by atoms with van der Waals surface area (Å²) >= 11 is 0. The first-order valence-electron chi connectivity index (χ1n) is 6.74. The molecule has 19 heavy (non-hydrogen) atoms. The van der Waals surface area contributed by atoms with Gasteiger partial charge < -0.3 is 14.4 Å². The Balaban J connectivity index is 2.15. The molecule has 1 aliphatic rings. The fraction of sp³-hybridized carbons (Fsp3) is 0.533. The summed E-state index contributed by atoms with van der Waals surface area (Å²) in [6.07, 6.45) is 2.75. The highest BCUT2D eigenvalue weighted by Crippen LogP contribution is 2.29. The standard InChI is InChI=1S/C15H20FNO2/c1-2-17(14-6-3-5-13(16)9-14)10-15(11-18)7-4-8-19-12-15/h3,5-6,9,11H,2,4,7-8,10,12H2,1H3. The summed E-state index contributed by atoms with van der Waals surface area (Å²) in [4.78, 5) is 13.5. The van der Waals surface area contributed by atoms with Gasteiger partial charge in [-0.05, 0) is 38.0 Å². The van der Waals surface area contributed by atoms with Crippen LogP contribution in [0.2, 0.25) is 0 Å². The van der Waals surface area contributed by atoms with Crippen LogP contribution in [0.25, 0.3) is 0 Å². The van der Waals surface area contributed by atoms with Crippen molar-refractivity contribution in [1.29, 1.82) is 0 Å². The van der Waals surface area contributed by atoms with Crippen molar-refractivity contribution < 1.29 is 13.9 Å². The number of halogens is 1. The molecular weight excluding hydrogens is 245 g/mol. The first kappa shape index (κ1) is 14.0. The largest absolute Gasteiger partial charge is 0.380 e. The van der Waals surface area contributed by atoms with E-state index in [2.05, 4.69) is 0 Å². The normalized spacial score (nSPS) is 23.1. The summed E-state index contributed by atoms with van der Waals surface area (Å²) in [6.45, 7) is 4.51. The van der Waals surface area contributed by atoms with Crippen molar-refractivity contribution in [3.63, 3.8) is 0 Å². The van der Waals surface area contributed by atoms with Gasteiger partial charge in [-0.3, -0.25) is 0 Å². The maximum Gasteiger partial charge on any atom is 0.130 e. The lowest BCUT2D eigenvalue weighted by Crippen LogP contribution is -2.44. The van der Waals surface area contributed by atoms with Gasteiger partial charge in [0.2, 0.25) is 0 Å². The number of carbonyl (C=O) groups is 1. The van der Waals surface area contributed by atoms with Crippen LogP contribution in [0.15, 0.2) is 24.3 Å². The number of carbonyl (C=O) groups excluding carboxylic acids is 1. The molecule has 1 aromatic rings. The Hall–Kier alpha value is -1.42. The lowest BCUT2D eigenvalue weighted by Gasteiger charge is -2.37. The highest BCUT2D eigenvalue weighted by molar-refractivity contribution is 5.62. The van der Waals surface area contributed by atoms with E-state index in [1.54, 1.807) is 6.07 Å². The maximum absolute atomic E-state index is 13.3. The first-order chi connectivity index (χ1) is 9.19. The van der Waals surface area contributed by atoms with Crippen LogP contribution in [0.4, 0.5) is 10.1 Å². The Kier molecular flexibility index (Phi) is 4.53. The summed E-state index contributed by atoms with van der Waals surface area (Å²) in [6, 6.07) is 6.50. The van der Waals surface area contributed by atoms with E-state index in [0.29, 0.717) is 13.2 Å². The van der Waals surface area contributed by atoms with Crippen molar-refractivity contribution in [2.45, 2.75) is 19.8 Å². The molecule has 4 heteroatoms. The van der Waals surface area contributed by atoms with E-state index in [4.69, 9.17) is 4.74 Å². The average molecular weight is 265 g/mol. The third-order valence-corrected chi connectivity index (χ3v) is 3.66. The van der Waals surface area contributed by atoms with E-state index in [9.17, 15) is 9.18 Å². The second-order valence-electron chi connectivity index (χ2n) is 5.13. The van der Waals surface area contributed by atoms with E-state index in [1.165, 1.54) is 12.1 Å². The Bertz CT molecular complexity index is 430. The van der Waals surface area contributed by atoms with Crippen LogP contribution in [0.3, 0.4) is 0 Å². The van der Waals surface area contributed by atoms with Gasteiger partial charge in [-0.1, -0.05) is 6.07 Å². The van der Waals surface area contributed by atoms with Crippen molar-refractivity contribution in [2.75, 3.05) is 31.2 Å². The Morgan fingerprint density at radius 3 is 2.95 bits per heavy atom. The van der Waals surface area contributed by atoms with E-state index in [-0.39, 0.29) is 5.82 Å².